The number of fused-ring (bicyclic) bond motifs is 2. The van der Waals surface area contributed by atoms with Crippen molar-refractivity contribution in [2.75, 3.05) is 0 Å². The van der Waals surface area contributed by atoms with E-state index in [4.69, 9.17) is 0 Å². The summed E-state index contributed by atoms with van der Waals surface area (Å²) >= 11 is 0. The molecule has 0 unspecified atom stereocenters. The van der Waals surface area contributed by atoms with Gasteiger partial charge in [0.25, 0.3) is 0 Å². The molecule has 0 fully saturated rings. The van der Waals surface area contributed by atoms with Crippen LogP contribution >= 0.6 is 0 Å². The van der Waals surface area contributed by atoms with Crippen LogP contribution in [0, 0.1) is 0 Å². The zero-order valence-electron chi connectivity index (χ0n) is 12.9. The van der Waals surface area contributed by atoms with Crippen molar-refractivity contribution in [3.05, 3.63) is 90.0 Å². The summed E-state index contributed by atoms with van der Waals surface area (Å²) in [6, 6.07) is 28.5. The summed E-state index contributed by atoms with van der Waals surface area (Å²) < 4.78 is 0. The van der Waals surface area contributed by atoms with Crippen LogP contribution in [0.3, 0.4) is 0 Å². The van der Waals surface area contributed by atoms with Crippen LogP contribution in [0.25, 0.3) is 0 Å². The van der Waals surface area contributed by atoms with Crippen LogP contribution in [0.5, 0.6) is 0 Å². The van der Waals surface area contributed by atoms with Crippen molar-refractivity contribution in [3.8, 4) is 0 Å². The largest absolute Gasteiger partial charge is 3.00 e. The van der Waals surface area contributed by atoms with Gasteiger partial charge in [0.2, 0.25) is 6.71 Å². The maximum absolute atomic E-state index is 2.28. The molecule has 1 aliphatic heterocycles. The van der Waals surface area contributed by atoms with E-state index in [-0.39, 0.29) is 63.4 Å². The summed E-state index contributed by atoms with van der Waals surface area (Å²) in [7, 11) is 0. The van der Waals surface area contributed by atoms with Crippen molar-refractivity contribution in [1.29, 1.82) is 0 Å². The average Bonchev–Trinajstić information content (AvgIpc) is 2.53. The standard InChI is InChI=1S/C19H15B.3ClH.Zr/c1-2-10-17(11-3-1)20-18-12-6-4-8-15(18)14-16-9-5-7-13-19(16)20;;;;/h1-13H,14H2;3*1H;/q;;;;+3/p-3. The molecular weight excluding hydrogens is 437 g/mol. The quantitative estimate of drug-likeness (QED) is 0.253. The minimum atomic E-state index is 0. The van der Waals surface area contributed by atoms with Gasteiger partial charge in [0, 0.05) is 0 Å². The Balaban J connectivity index is 0.00000132. The van der Waals surface area contributed by atoms with Gasteiger partial charge in [-0.2, -0.15) is 0 Å². The van der Waals surface area contributed by atoms with Gasteiger partial charge in [-0.1, -0.05) is 95.3 Å². The average molecular weight is 452 g/mol. The Bertz CT molecular complexity index is 720. The van der Waals surface area contributed by atoms with Crippen LogP contribution in [-0.4, -0.2) is 6.71 Å². The third kappa shape index (κ3) is 4.35. The van der Waals surface area contributed by atoms with Gasteiger partial charge < -0.3 is 37.2 Å². The predicted octanol–water partition coefficient (Wildman–Crippen LogP) is -6.88. The van der Waals surface area contributed by atoms with Crippen molar-refractivity contribution in [2.24, 2.45) is 0 Å². The molecule has 4 rings (SSSR count). The van der Waals surface area contributed by atoms with E-state index in [0.29, 0.717) is 6.71 Å². The molecule has 0 amide bonds. The SMILES string of the molecule is [Cl-].[Cl-].[Cl-].[Zr+3].c1ccc(B2c3ccccc3Cc3ccccc32)cc1. The molecule has 0 atom stereocenters. The van der Waals surface area contributed by atoms with Gasteiger partial charge in [0.15, 0.2) is 0 Å². The van der Waals surface area contributed by atoms with Crippen LogP contribution in [0.15, 0.2) is 78.9 Å². The molecule has 0 spiro atoms. The second-order valence-electron chi connectivity index (χ2n) is 5.42. The fourth-order valence-corrected chi connectivity index (χ4v) is 3.33. The topological polar surface area (TPSA) is 0 Å². The summed E-state index contributed by atoms with van der Waals surface area (Å²) in [4.78, 5) is 0. The molecule has 1 radical (unpaired) electrons. The van der Waals surface area contributed by atoms with Crippen LogP contribution in [-0.2, 0) is 32.6 Å². The van der Waals surface area contributed by atoms with Gasteiger partial charge in [0.1, 0.15) is 0 Å². The molecule has 1 aliphatic rings. The zero-order valence-corrected chi connectivity index (χ0v) is 17.6. The maximum Gasteiger partial charge on any atom is 3.00 e. The normalized spacial score (nSPS) is 10.6. The van der Waals surface area contributed by atoms with Crippen LogP contribution in [0.2, 0.25) is 0 Å². The van der Waals surface area contributed by atoms with E-state index in [2.05, 4.69) is 78.9 Å². The number of halogens is 3. The van der Waals surface area contributed by atoms with E-state index in [9.17, 15) is 0 Å². The molecular formula is C19H15BCl3Zr. The molecule has 0 nitrogen and oxygen atoms in total. The minimum absolute atomic E-state index is 0. The van der Waals surface area contributed by atoms with E-state index in [1.807, 2.05) is 0 Å². The predicted molar refractivity (Wildman–Crippen MR) is 86.8 cm³/mol. The van der Waals surface area contributed by atoms with Gasteiger partial charge in [-0.3, -0.25) is 0 Å². The van der Waals surface area contributed by atoms with Gasteiger partial charge in [0.05, 0.1) is 0 Å². The van der Waals surface area contributed by atoms with Gasteiger partial charge >= 0.3 is 26.2 Å². The monoisotopic (exact) mass is 449 g/mol. The van der Waals surface area contributed by atoms with E-state index in [0.717, 1.165) is 6.42 Å². The first-order valence-electron chi connectivity index (χ1n) is 7.14. The Morgan fingerprint density at radius 1 is 0.542 bits per heavy atom. The van der Waals surface area contributed by atoms with Crippen molar-refractivity contribution in [1.82, 2.24) is 0 Å². The fraction of sp³-hybridized carbons (Fsp3) is 0.0526. The molecule has 0 saturated heterocycles. The zero-order chi connectivity index (χ0) is 13.4. The van der Waals surface area contributed by atoms with Crippen molar-refractivity contribution < 1.29 is 63.4 Å². The minimum Gasteiger partial charge on any atom is -1.00 e. The molecule has 24 heavy (non-hydrogen) atoms. The maximum atomic E-state index is 2.28. The first-order chi connectivity index (χ1) is 9.93. The summed E-state index contributed by atoms with van der Waals surface area (Å²) in [5, 5.41) is 0. The molecule has 3 aromatic carbocycles. The molecule has 0 bridgehead atoms. The van der Waals surface area contributed by atoms with Gasteiger partial charge in [-0.25, -0.2) is 0 Å². The molecule has 119 valence electrons. The molecule has 3 aromatic rings. The molecule has 5 heteroatoms. The van der Waals surface area contributed by atoms with Crippen molar-refractivity contribution in [3.63, 3.8) is 0 Å². The van der Waals surface area contributed by atoms with E-state index >= 15 is 0 Å². The number of hydrogen-bond acceptors (Lipinski definition) is 0. The summed E-state index contributed by atoms with van der Waals surface area (Å²) in [5.41, 5.74) is 7.21. The number of hydrogen-bond donors (Lipinski definition) is 0. The fourth-order valence-electron chi connectivity index (χ4n) is 3.33. The molecule has 0 aromatic heterocycles. The summed E-state index contributed by atoms with van der Waals surface area (Å²) in [6.07, 6.45) is 1.05. The van der Waals surface area contributed by atoms with E-state index in [1.165, 1.54) is 27.5 Å². The van der Waals surface area contributed by atoms with Crippen LogP contribution < -0.4 is 53.6 Å². The van der Waals surface area contributed by atoms with Gasteiger partial charge in [-0.15, -0.1) is 0 Å². The second-order valence-corrected chi connectivity index (χ2v) is 5.42. The third-order valence-electron chi connectivity index (χ3n) is 4.25. The van der Waals surface area contributed by atoms with Crippen molar-refractivity contribution >= 4 is 23.1 Å². The Hall–Kier alpha value is -0.522. The Morgan fingerprint density at radius 3 is 1.46 bits per heavy atom. The Labute approximate surface area is 181 Å². The summed E-state index contributed by atoms with van der Waals surface area (Å²) in [5.74, 6) is 0. The first kappa shape index (κ1) is 23.5. The van der Waals surface area contributed by atoms with Crippen molar-refractivity contribution in [2.45, 2.75) is 6.42 Å². The molecule has 0 aliphatic carbocycles. The first-order valence-corrected chi connectivity index (χ1v) is 7.14. The van der Waals surface area contributed by atoms with Crippen LogP contribution in [0.1, 0.15) is 11.1 Å². The molecule has 0 saturated carbocycles. The van der Waals surface area contributed by atoms with E-state index in [1.54, 1.807) is 0 Å². The van der Waals surface area contributed by atoms with Crippen LogP contribution in [0.4, 0.5) is 0 Å². The molecule has 0 N–H and O–H groups in total. The number of rotatable bonds is 1. The number of benzene rings is 3. The Morgan fingerprint density at radius 2 is 0.958 bits per heavy atom. The Kier molecular flexibility index (Phi) is 10.2. The van der Waals surface area contributed by atoms with E-state index < -0.39 is 0 Å². The smallest absolute Gasteiger partial charge is 1.00 e. The molecule has 1 heterocycles. The second kappa shape index (κ2) is 10.5. The third-order valence-corrected chi connectivity index (χ3v) is 4.25. The summed E-state index contributed by atoms with van der Waals surface area (Å²) in [6.45, 7) is 0.373. The van der Waals surface area contributed by atoms with Gasteiger partial charge in [-0.05, 0) is 17.5 Å².